The van der Waals surface area contributed by atoms with E-state index in [9.17, 15) is 5.11 Å². The molecule has 0 saturated heterocycles. The van der Waals surface area contributed by atoms with Crippen molar-refractivity contribution >= 4 is 6.21 Å². The molecule has 2 heteroatoms. The average molecular weight is 293 g/mol. The second-order valence-corrected chi connectivity index (χ2v) is 6.22. The Labute approximate surface area is 132 Å². The second kappa shape index (κ2) is 6.78. The Kier molecular flexibility index (Phi) is 4.57. The van der Waals surface area contributed by atoms with Gasteiger partial charge in [0.2, 0.25) is 0 Å². The number of phenolic OH excluding ortho intramolecular Hbond substituents is 1. The molecule has 1 fully saturated rings. The van der Waals surface area contributed by atoms with Gasteiger partial charge in [-0.2, -0.15) is 0 Å². The quantitative estimate of drug-likeness (QED) is 0.788. The number of benzene rings is 2. The minimum Gasteiger partial charge on any atom is -0.507 e. The Bertz CT molecular complexity index is 648. The zero-order valence-electron chi connectivity index (χ0n) is 13.1. The lowest BCUT2D eigenvalue weighted by atomic mass is 9.86. The van der Waals surface area contributed by atoms with E-state index in [1.165, 1.54) is 19.3 Å². The van der Waals surface area contributed by atoms with Crippen LogP contribution in [0.1, 0.15) is 38.2 Å². The molecule has 0 spiro atoms. The summed E-state index contributed by atoms with van der Waals surface area (Å²) in [5, 5.41) is 10.5. The highest BCUT2D eigenvalue weighted by molar-refractivity contribution is 5.88. The van der Waals surface area contributed by atoms with Gasteiger partial charge in [0.25, 0.3) is 0 Å². The van der Waals surface area contributed by atoms with Crippen molar-refractivity contribution in [3.05, 3.63) is 54.1 Å². The van der Waals surface area contributed by atoms with E-state index in [1.807, 2.05) is 54.7 Å². The van der Waals surface area contributed by atoms with Gasteiger partial charge in [-0.25, -0.2) is 0 Å². The summed E-state index contributed by atoms with van der Waals surface area (Å²) < 4.78 is 0. The molecule has 114 valence electrons. The van der Waals surface area contributed by atoms with Gasteiger partial charge in [-0.3, -0.25) is 4.99 Å². The van der Waals surface area contributed by atoms with Crippen LogP contribution in [0.15, 0.2) is 53.5 Å². The third kappa shape index (κ3) is 3.22. The van der Waals surface area contributed by atoms with Gasteiger partial charge in [0.15, 0.2) is 0 Å². The average Bonchev–Trinajstić information content (AvgIpc) is 2.56. The summed E-state index contributed by atoms with van der Waals surface area (Å²) in [6, 6.07) is 16.2. The zero-order valence-corrected chi connectivity index (χ0v) is 13.1. The third-order valence-corrected chi connectivity index (χ3v) is 4.62. The third-order valence-electron chi connectivity index (χ3n) is 4.62. The van der Waals surface area contributed by atoms with Crippen LogP contribution in [0.5, 0.6) is 5.75 Å². The van der Waals surface area contributed by atoms with Crippen molar-refractivity contribution in [3.8, 4) is 16.9 Å². The van der Waals surface area contributed by atoms with E-state index in [0.717, 1.165) is 23.1 Å². The van der Waals surface area contributed by atoms with Crippen LogP contribution < -0.4 is 0 Å². The van der Waals surface area contributed by atoms with Crippen LogP contribution in [0.4, 0.5) is 0 Å². The number of phenols is 1. The van der Waals surface area contributed by atoms with Crippen LogP contribution in [0.3, 0.4) is 0 Å². The first kappa shape index (κ1) is 14.8. The van der Waals surface area contributed by atoms with Gasteiger partial charge in [-0.05, 0) is 30.4 Å². The number of rotatable bonds is 3. The molecular formula is C20H23NO. The lowest BCUT2D eigenvalue weighted by Gasteiger charge is -2.25. The summed E-state index contributed by atoms with van der Waals surface area (Å²) in [4.78, 5) is 4.75. The van der Waals surface area contributed by atoms with E-state index in [1.54, 1.807) is 0 Å². The molecule has 0 bridgehead atoms. The minimum absolute atomic E-state index is 0.320. The lowest BCUT2D eigenvalue weighted by Crippen LogP contribution is -2.20. The molecule has 2 nitrogen and oxygen atoms in total. The molecule has 0 aromatic heterocycles. The summed E-state index contributed by atoms with van der Waals surface area (Å²) in [6.45, 7) is 2.28. The SMILES string of the molecule is CC1CCCCC1N=Cc1cccc(-c2ccccc2)c1O. The maximum absolute atomic E-state index is 10.5. The van der Waals surface area contributed by atoms with E-state index >= 15 is 0 Å². The molecule has 0 heterocycles. The number of hydrogen-bond acceptors (Lipinski definition) is 2. The highest BCUT2D eigenvalue weighted by atomic mass is 16.3. The van der Waals surface area contributed by atoms with Gasteiger partial charge in [0.05, 0.1) is 6.04 Å². The maximum Gasteiger partial charge on any atom is 0.132 e. The van der Waals surface area contributed by atoms with Crippen LogP contribution in [0, 0.1) is 5.92 Å². The number of para-hydroxylation sites is 1. The van der Waals surface area contributed by atoms with Crippen molar-refractivity contribution in [2.24, 2.45) is 10.9 Å². The molecule has 2 aromatic carbocycles. The Hall–Kier alpha value is -2.09. The van der Waals surface area contributed by atoms with E-state index in [2.05, 4.69) is 6.92 Å². The van der Waals surface area contributed by atoms with Gasteiger partial charge >= 0.3 is 0 Å². The molecule has 1 N–H and O–H groups in total. The van der Waals surface area contributed by atoms with E-state index in [-0.39, 0.29) is 0 Å². The Balaban J connectivity index is 1.86. The minimum atomic E-state index is 0.320. The smallest absolute Gasteiger partial charge is 0.132 e. The lowest BCUT2D eigenvalue weighted by molar-refractivity contribution is 0.333. The Morgan fingerprint density at radius 2 is 1.77 bits per heavy atom. The zero-order chi connectivity index (χ0) is 15.4. The predicted molar refractivity (Wildman–Crippen MR) is 92.6 cm³/mol. The molecule has 2 atom stereocenters. The van der Waals surface area contributed by atoms with Gasteiger partial charge in [0.1, 0.15) is 5.75 Å². The second-order valence-electron chi connectivity index (χ2n) is 6.22. The van der Waals surface area contributed by atoms with Gasteiger partial charge < -0.3 is 5.11 Å². The highest BCUT2D eigenvalue weighted by Gasteiger charge is 2.19. The molecule has 1 aliphatic rings. The van der Waals surface area contributed by atoms with Gasteiger partial charge in [0, 0.05) is 17.3 Å². The molecule has 0 aliphatic heterocycles. The van der Waals surface area contributed by atoms with Crippen LogP contribution in [-0.2, 0) is 0 Å². The van der Waals surface area contributed by atoms with E-state index < -0.39 is 0 Å². The topological polar surface area (TPSA) is 32.6 Å². The number of aromatic hydroxyl groups is 1. The molecule has 0 radical (unpaired) electrons. The molecule has 0 amide bonds. The summed E-state index contributed by atoms with van der Waals surface area (Å²) >= 11 is 0. The molecule has 2 aromatic rings. The van der Waals surface area contributed by atoms with Gasteiger partial charge in [-0.1, -0.05) is 62.2 Å². The Morgan fingerprint density at radius 1 is 1.00 bits per heavy atom. The molecule has 22 heavy (non-hydrogen) atoms. The fourth-order valence-corrected chi connectivity index (χ4v) is 3.21. The highest BCUT2D eigenvalue weighted by Crippen LogP contribution is 2.32. The number of hydrogen-bond donors (Lipinski definition) is 1. The molecule has 2 unspecified atom stereocenters. The van der Waals surface area contributed by atoms with Crippen molar-refractivity contribution in [2.75, 3.05) is 0 Å². The van der Waals surface area contributed by atoms with E-state index in [0.29, 0.717) is 17.7 Å². The van der Waals surface area contributed by atoms with E-state index in [4.69, 9.17) is 4.99 Å². The van der Waals surface area contributed by atoms with Crippen molar-refractivity contribution < 1.29 is 5.11 Å². The van der Waals surface area contributed by atoms with Crippen molar-refractivity contribution in [1.82, 2.24) is 0 Å². The maximum atomic E-state index is 10.5. The first-order valence-electron chi connectivity index (χ1n) is 8.16. The monoisotopic (exact) mass is 293 g/mol. The fourth-order valence-electron chi connectivity index (χ4n) is 3.21. The molecule has 1 saturated carbocycles. The van der Waals surface area contributed by atoms with Crippen molar-refractivity contribution in [1.29, 1.82) is 0 Å². The summed E-state index contributed by atoms with van der Waals surface area (Å²) in [7, 11) is 0. The molecule has 1 aliphatic carbocycles. The predicted octanol–water partition coefficient (Wildman–Crippen LogP) is 5.06. The fraction of sp³-hybridized carbons (Fsp3) is 0.350. The standard InChI is InChI=1S/C20H23NO/c1-15-8-5-6-13-19(15)21-14-17-11-7-12-18(20(17)22)16-9-3-2-4-10-16/h2-4,7,9-12,14-15,19,22H,5-6,8,13H2,1H3. The van der Waals surface area contributed by atoms with Crippen molar-refractivity contribution in [3.63, 3.8) is 0 Å². The van der Waals surface area contributed by atoms with Crippen LogP contribution in [0.2, 0.25) is 0 Å². The summed E-state index contributed by atoms with van der Waals surface area (Å²) in [6.07, 6.45) is 6.87. The van der Waals surface area contributed by atoms with Crippen LogP contribution in [-0.4, -0.2) is 17.4 Å². The van der Waals surface area contributed by atoms with Crippen LogP contribution >= 0.6 is 0 Å². The molecule has 3 rings (SSSR count). The van der Waals surface area contributed by atoms with Gasteiger partial charge in [-0.15, -0.1) is 0 Å². The normalized spacial score (nSPS) is 22.0. The van der Waals surface area contributed by atoms with Crippen molar-refractivity contribution in [2.45, 2.75) is 38.6 Å². The largest absolute Gasteiger partial charge is 0.507 e. The summed E-state index contributed by atoms with van der Waals surface area (Å²) in [5.41, 5.74) is 2.70. The number of nitrogens with zero attached hydrogens (tertiary/aromatic N) is 1. The summed E-state index contributed by atoms with van der Waals surface area (Å²) in [5.74, 6) is 0.963. The number of aliphatic imine (C=N–C) groups is 1. The molecular weight excluding hydrogens is 270 g/mol. The van der Waals surface area contributed by atoms with Crippen LogP contribution in [0.25, 0.3) is 11.1 Å². The first-order chi connectivity index (χ1) is 10.8. The Morgan fingerprint density at radius 3 is 2.55 bits per heavy atom. The first-order valence-corrected chi connectivity index (χ1v) is 8.16.